The molecule has 1 aromatic carbocycles. The van der Waals surface area contributed by atoms with Gasteiger partial charge in [0.15, 0.2) is 0 Å². The molecule has 4 aromatic rings. The molecule has 0 radical (unpaired) electrons. The standard InChI is InChI=1S/C25H23FN6O/c26-21-4-1-3-20(13-21)23-16-32-22(14-29-23)15-30-24(32)18-5-7-19(8-6-18)25(33)28-9-2-11-31-12-10-27-17-31/h3,5-8,10,12-17H,1-2,4,9,11H2,(H,28,33). The molecule has 3 heterocycles. The zero-order valence-corrected chi connectivity index (χ0v) is 18.0. The maximum absolute atomic E-state index is 13.7. The maximum Gasteiger partial charge on any atom is 0.251 e. The van der Waals surface area contributed by atoms with Gasteiger partial charge in [-0.25, -0.2) is 14.4 Å². The molecule has 0 saturated carbocycles. The van der Waals surface area contributed by atoms with E-state index in [9.17, 15) is 9.18 Å². The van der Waals surface area contributed by atoms with Gasteiger partial charge in [-0.2, -0.15) is 0 Å². The van der Waals surface area contributed by atoms with E-state index in [1.165, 1.54) is 6.08 Å². The first kappa shape index (κ1) is 20.8. The second-order valence-corrected chi connectivity index (χ2v) is 7.93. The van der Waals surface area contributed by atoms with Crippen LogP contribution in [0.4, 0.5) is 4.39 Å². The predicted molar refractivity (Wildman–Crippen MR) is 124 cm³/mol. The van der Waals surface area contributed by atoms with Crippen LogP contribution >= 0.6 is 0 Å². The summed E-state index contributed by atoms with van der Waals surface area (Å²) in [6.07, 6.45) is 16.2. The minimum absolute atomic E-state index is 0.107. The van der Waals surface area contributed by atoms with Gasteiger partial charge in [0, 0.05) is 54.8 Å². The number of benzene rings is 1. The average molecular weight is 442 g/mol. The number of carbonyl (C=O) groups is 1. The van der Waals surface area contributed by atoms with E-state index < -0.39 is 0 Å². The predicted octanol–water partition coefficient (Wildman–Crippen LogP) is 4.44. The normalized spacial score (nSPS) is 13.6. The van der Waals surface area contributed by atoms with Crippen molar-refractivity contribution >= 4 is 17.0 Å². The van der Waals surface area contributed by atoms with Crippen LogP contribution in [0.25, 0.3) is 22.5 Å². The number of aryl methyl sites for hydroxylation is 1. The highest BCUT2D eigenvalue weighted by atomic mass is 19.1. The lowest BCUT2D eigenvalue weighted by Gasteiger charge is -2.10. The SMILES string of the molecule is O=C(NCCCn1ccnc1)c1ccc(-c2ncc3cnc(C4=CCCC(F)=C4)cn23)cc1. The molecule has 0 atom stereocenters. The smallest absolute Gasteiger partial charge is 0.251 e. The summed E-state index contributed by atoms with van der Waals surface area (Å²) in [5.41, 5.74) is 3.79. The number of aromatic nitrogens is 5. The van der Waals surface area contributed by atoms with Crippen LogP contribution in [-0.2, 0) is 6.54 Å². The fourth-order valence-corrected chi connectivity index (χ4v) is 3.86. The number of imidazole rings is 2. The Morgan fingerprint density at radius 1 is 1.15 bits per heavy atom. The molecule has 0 bridgehead atoms. The lowest BCUT2D eigenvalue weighted by Crippen LogP contribution is -2.25. The summed E-state index contributed by atoms with van der Waals surface area (Å²) in [7, 11) is 0. The summed E-state index contributed by atoms with van der Waals surface area (Å²) in [6.45, 7) is 1.40. The van der Waals surface area contributed by atoms with Crippen LogP contribution in [-0.4, -0.2) is 36.4 Å². The van der Waals surface area contributed by atoms with Crippen molar-refractivity contribution in [1.29, 1.82) is 0 Å². The van der Waals surface area contributed by atoms with E-state index >= 15 is 0 Å². The lowest BCUT2D eigenvalue weighted by atomic mass is 10.0. The van der Waals surface area contributed by atoms with Crippen LogP contribution < -0.4 is 5.32 Å². The molecule has 0 fully saturated rings. The molecule has 1 aliphatic carbocycles. The quantitative estimate of drug-likeness (QED) is 0.429. The molecular weight excluding hydrogens is 419 g/mol. The van der Waals surface area contributed by atoms with Gasteiger partial charge in [-0.15, -0.1) is 0 Å². The van der Waals surface area contributed by atoms with Gasteiger partial charge in [0.25, 0.3) is 5.91 Å². The van der Waals surface area contributed by atoms with Gasteiger partial charge < -0.3 is 9.88 Å². The van der Waals surface area contributed by atoms with Crippen molar-refractivity contribution in [3.63, 3.8) is 0 Å². The highest BCUT2D eigenvalue weighted by Gasteiger charge is 2.13. The van der Waals surface area contributed by atoms with Crippen LogP contribution in [0.3, 0.4) is 0 Å². The zero-order valence-electron chi connectivity index (χ0n) is 18.0. The Balaban J connectivity index is 1.29. The Morgan fingerprint density at radius 3 is 2.79 bits per heavy atom. The Morgan fingerprint density at radius 2 is 2.00 bits per heavy atom. The van der Waals surface area contributed by atoms with Gasteiger partial charge in [0.1, 0.15) is 11.7 Å². The van der Waals surface area contributed by atoms with Gasteiger partial charge in [-0.3, -0.25) is 14.2 Å². The van der Waals surface area contributed by atoms with Crippen LogP contribution in [0.2, 0.25) is 0 Å². The van der Waals surface area contributed by atoms with Crippen LogP contribution in [0, 0.1) is 0 Å². The summed E-state index contributed by atoms with van der Waals surface area (Å²) in [5.74, 6) is 0.502. The number of carbonyl (C=O) groups excluding carboxylic acids is 1. The van der Waals surface area contributed by atoms with Crippen LogP contribution in [0.5, 0.6) is 0 Å². The summed E-state index contributed by atoms with van der Waals surface area (Å²) < 4.78 is 17.6. The van der Waals surface area contributed by atoms with Gasteiger partial charge >= 0.3 is 0 Å². The number of nitrogens with zero attached hydrogens (tertiary/aromatic N) is 5. The fraction of sp³-hybridized carbons (Fsp3) is 0.200. The number of amides is 1. The van der Waals surface area contributed by atoms with Crippen molar-refractivity contribution in [3.05, 3.63) is 90.8 Å². The molecule has 3 aromatic heterocycles. The van der Waals surface area contributed by atoms with Crippen molar-refractivity contribution in [2.45, 2.75) is 25.8 Å². The molecule has 166 valence electrons. The third-order valence-corrected chi connectivity index (χ3v) is 5.61. The average Bonchev–Trinajstić information content (AvgIpc) is 3.51. The lowest BCUT2D eigenvalue weighted by molar-refractivity contribution is 0.0952. The Kier molecular flexibility index (Phi) is 5.80. The van der Waals surface area contributed by atoms with E-state index in [1.54, 1.807) is 37.1 Å². The van der Waals surface area contributed by atoms with Crippen LogP contribution in [0.15, 0.2) is 79.6 Å². The number of hydrogen-bond donors (Lipinski definition) is 1. The first-order valence-electron chi connectivity index (χ1n) is 10.9. The fourth-order valence-electron chi connectivity index (χ4n) is 3.86. The number of fused-ring (bicyclic) bond motifs is 1. The number of hydrogen-bond acceptors (Lipinski definition) is 4. The molecule has 7 nitrogen and oxygen atoms in total. The highest BCUT2D eigenvalue weighted by molar-refractivity contribution is 5.94. The number of rotatable bonds is 7. The Labute approximate surface area is 190 Å². The molecule has 0 spiro atoms. The number of nitrogens with one attached hydrogen (secondary N) is 1. The van der Waals surface area contributed by atoms with E-state index in [1.807, 2.05) is 39.6 Å². The van der Waals surface area contributed by atoms with Gasteiger partial charge in [-0.1, -0.05) is 18.2 Å². The summed E-state index contributed by atoms with van der Waals surface area (Å²) in [6, 6.07) is 7.36. The molecule has 1 amide bonds. The minimum Gasteiger partial charge on any atom is -0.352 e. The molecule has 33 heavy (non-hydrogen) atoms. The van der Waals surface area contributed by atoms with Crippen molar-refractivity contribution in [1.82, 2.24) is 29.2 Å². The molecule has 0 aliphatic heterocycles. The van der Waals surface area contributed by atoms with Crippen LogP contribution in [0.1, 0.15) is 35.3 Å². The Hall–Kier alpha value is -4.07. The number of allylic oxidation sites excluding steroid dienone is 4. The monoisotopic (exact) mass is 442 g/mol. The molecule has 1 N–H and O–H groups in total. The van der Waals surface area contributed by atoms with E-state index in [-0.39, 0.29) is 11.7 Å². The summed E-state index contributed by atoms with van der Waals surface area (Å²) in [5, 5.41) is 2.95. The minimum atomic E-state index is -0.129. The van der Waals surface area contributed by atoms with E-state index in [4.69, 9.17) is 0 Å². The highest BCUT2D eigenvalue weighted by Crippen LogP contribution is 2.26. The van der Waals surface area contributed by atoms with Crippen molar-refractivity contribution in [3.8, 4) is 11.4 Å². The van der Waals surface area contributed by atoms with Crippen molar-refractivity contribution in [2.24, 2.45) is 0 Å². The largest absolute Gasteiger partial charge is 0.352 e. The zero-order chi connectivity index (χ0) is 22.6. The second-order valence-electron chi connectivity index (χ2n) is 7.93. The van der Waals surface area contributed by atoms with Gasteiger partial charge in [0.05, 0.1) is 29.9 Å². The molecule has 5 rings (SSSR count). The third-order valence-electron chi connectivity index (χ3n) is 5.61. The Bertz CT molecular complexity index is 1340. The summed E-state index contributed by atoms with van der Waals surface area (Å²) >= 11 is 0. The maximum atomic E-state index is 13.7. The molecule has 8 heteroatoms. The third kappa shape index (κ3) is 4.59. The number of halogens is 1. The van der Waals surface area contributed by atoms with Crippen molar-refractivity contribution in [2.75, 3.05) is 6.54 Å². The first-order valence-corrected chi connectivity index (χ1v) is 10.9. The van der Waals surface area contributed by atoms with Gasteiger partial charge in [-0.05, 0) is 31.1 Å². The topological polar surface area (TPSA) is 77.1 Å². The summed E-state index contributed by atoms with van der Waals surface area (Å²) in [4.78, 5) is 25.5. The second kappa shape index (κ2) is 9.20. The first-order chi connectivity index (χ1) is 16.2. The molecule has 0 unspecified atom stereocenters. The van der Waals surface area contributed by atoms with Gasteiger partial charge in [0.2, 0.25) is 0 Å². The van der Waals surface area contributed by atoms with E-state index in [2.05, 4.69) is 20.3 Å². The van der Waals surface area contributed by atoms with Crippen molar-refractivity contribution < 1.29 is 9.18 Å². The molecular formula is C25H23FN6O. The molecule has 1 aliphatic rings. The molecule has 0 saturated heterocycles. The van der Waals surface area contributed by atoms with E-state index in [0.29, 0.717) is 30.6 Å². The van der Waals surface area contributed by atoms with E-state index in [0.717, 1.165) is 35.4 Å².